The third-order valence-corrected chi connectivity index (χ3v) is 2.67. The number of rotatable bonds is 3. The van der Waals surface area contributed by atoms with Gasteiger partial charge in [0.1, 0.15) is 5.92 Å². The van der Waals surface area contributed by atoms with E-state index in [0.717, 1.165) is 5.69 Å². The molecule has 1 aromatic rings. The molecule has 0 fully saturated rings. The first-order chi connectivity index (χ1) is 9.09. The summed E-state index contributed by atoms with van der Waals surface area (Å²) >= 11 is 4.62. The van der Waals surface area contributed by atoms with Gasteiger partial charge in [0.05, 0.1) is 11.4 Å². The molecule has 19 heavy (non-hydrogen) atoms. The quantitative estimate of drug-likeness (QED) is 0.486. The maximum Gasteiger partial charge on any atom is 0.261 e. The van der Waals surface area contributed by atoms with Crippen molar-refractivity contribution in [3.05, 3.63) is 30.3 Å². The van der Waals surface area contributed by atoms with Crippen molar-refractivity contribution in [2.24, 2.45) is 21.9 Å². The lowest BCUT2D eigenvalue weighted by Crippen LogP contribution is -2.30. The molecular weight excluding hydrogens is 262 g/mol. The lowest BCUT2D eigenvalue weighted by atomic mass is 10.1. The summed E-state index contributed by atoms with van der Waals surface area (Å²) in [6.45, 7) is 1.78. The van der Waals surface area contributed by atoms with E-state index in [2.05, 4.69) is 27.8 Å². The molecule has 1 aliphatic heterocycles. The zero-order valence-electron chi connectivity index (χ0n) is 10.3. The SMILES string of the molecule is CC1=NN(c2ccccc2)C(=O)[C@@H]1/C=N\NC(N)=S. The molecule has 1 heterocycles. The van der Waals surface area contributed by atoms with Gasteiger partial charge in [-0.1, -0.05) is 18.2 Å². The van der Waals surface area contributed by atoms with Crippen molar-refractivity contribution < 1.29 is 4.79 Å². The summed E-state index contributed by atoms with van der Waals surface area (Å²) in [6, 6.07) is 9.22. The zero-order valence-corrected chi connectivity index (χ0v) is 11.1. The smallest absolute Gasteiger partial charge is 0.261 e. The second-order valence-electron chi connectivity index (χ2n) is 3.96. The number of para-hydroxylation sites is 1. The number of amides is 1. The Hall–Kier alpha value is -2.28. The molecule has 7 heteroatoms. The lowest BCUT2D eigenvalue weighted by molar-refractivity contribution is -0.118. The molecule has 1 amide bonds. The Labute approximate surface area is 116 Å². The van der Waals surface area contributed by atoms with Crippen LogP contribution in [-0.4, -0.2) is 22.9 Å². The van der Waals surface area contributed by atoms with Gasteiger partial charge in [-0.05, 0) is 31.3 Å². The highest BCUT2D eigenvalue weighted by molar-refractivity contribution is 7.80. The summed E-state index contributed by atoms with van der Waals surface area (Å²) in [7, 11) is 0. The van der Waals surface area contributed by atoms with Crippen LogP contribution >= 0.6 is 12.2 Å². The number of hydrogen-bond donors (Lipinski definition) is 2. The standard InChI is InChI=1S/C12H13N5OS/c1-8-10(7-14-15-12(13)19)11(18)17(16-8)9-5-3-2-4-6-9/h2-7,10H,1H3,(H3,13,15,19)/b14-7-/t10-/m1/s1. The van der Waals surface area contributed by atoms with Crippen LogP contribution in [0.5, 0.6) is 0 Å². The Bertz CT molecular complexity index is 554. The summed E-state index contributed by atoms with van der Waals surface area (Å²) in [5.41, 5.74) is 9.06. The first kappa shape index (κ1) is 13.2. The van der Waals surface area contributed by atoms with Crippen LogP contribution < -0.4 is 16.2 Å². The Kier molecular flexibility index (Phi) is 3.86. The van der Waals surface area contributed by atoms with Gasteiger partial charge in [-0.25, -0.2) is 0 Å². The fourth-order valence-electron chi connectivity index (χ4n) is 1.68. The molecule has 0 spiro atoms. The Morgan fingerprint density at radius 3 is 2.84 bits per heavy atom. The second kappa shape index (κ2) is 5.57. The van der Waals surface area contributed by atoms with Gasteiger partial charge in [0.25, 0.3) is 5.91 Å². The van der Waals surface area contributed by atoms with E-state index >= 15 is 0 Å². The average Bonchev–Trinajstić information content (AvgIpc) is 2.67. The molecule has 0 bridgehead atoms. The number of carbonyl (C=O) groups excluding carboxylic acids is 1. The number of hydrazone groups is 2. The van der Waals surface area contributed by atoms with Crippen molar-refractivity contribution >= 4 is 40.9 Å². The molecule has 2 rings (SSSR count). The van der Waals surface area contributed by atoms with E-state index < -0.39 is 5.92 Å². The Balaban J connectivity index is 2.15. The molecule has 1 atom stereocenters. The Morgan fingerprint density at radius 1 is 1.53 bits per heavy atom. The van der Waals surface area contributed by atoms with E-state index in [-0.39, 0.29) is 11.0 Å². The number of carbonyl (C=O) groups is 1. The molecule has 1 aliphatic rings. The third-order valence-electron chi connectivity index (χ3n) is 2.58. The number of hydrogen-bond acceptors (Lipinski definition) is 4. The van der Waals surface area contributed by atoms with Crippen LogP contribution in [0, 0.1) is 5.92 Å². The van der Waals surface area contributed by atoms with Gasteiger partial charge in [-0.15, -0.1) is 0 Å². The molecule has 0 saturated carbocycles. The van der Waals surface area contributed by atoms with Crippen LogP contribution in [0.4, 0.5) is 5.69 Å². The summed E-state index contributed by atoms with van der Waals surface area (Å²) in [4.78, 5) is 12.2. The lowest BCUT2D eigenvalue weighted by Gasteiger charge is -2.12. The summed E-state index contributed by atoms with van der Waals surface area (Å²) in [5, 5.41) is 9.47. The minimum Gasteiger partial charge on any atom is -0.375 e. The van der Waals surface area contributed by atoms with Gasteiger partial charge in [0.15, 0.2) is 5.11 Å². The molecule has 6 nitrogen and oxygen atoms in total. The predicted octanol–water partition coefficient (Wildman–Crippen LogP) is 0.844. The van der Waals surface area contributed by atoms with Crippen molar-refractivity contribution in [2.45, 2.75) is 6.92 Å². The van der Waals surface area contributed by atoms with Crippen LogP contribution in [-0.2, 0) is 4.79 Å². The first-order valence-corrected chi connectivity index (χ1v) is 6.03. The van der Waals surface area contributed by atoms with Crippen LogP contribution in [0.15, 0.2) is 40.5 Å². The minimum absolute atomic E-state index is 0.0520. The highest BCUT2D eigenvalue weighted by atomic mass is 32.1. The van der Waals surface area contributed by atoms with Gasteiger partial charge in [0, 0.05) is 6.21 Å². The first-order valence-electron chi connectivity index (χ1n) is 5.62. The molecule has 0 aromatic heterocycles. The number of anilines is 1. The number of nitrogens with one attached hydrogen (secondary N) is 1. The fraction of sp³-hybridized carbons (Fsp3) is 0.167. The van der Waals surface area contributed by atoms with Crippen LogP contribution in [0.25, 0.3) is 0 Å². The molecule has 0 radical (unpaired) electrons. The number of nitrogens with two attached hydrogens (primary N) is 1. The highest BCUT2D eigenvalue weighted by Gasteiger charge is 2.33. The molecule has 98 valence electrons. The van der Waals surface area contributed by atoms with Gasteiger partial charge in [0.2, 0.25) is 0 Å². The van der Waals surface area contributed by atoms with E-state index in [9.17, 15) is 4.79 Å². The summed E-state index contributed by atoms with van der Waals surface area (Å²) < 4.78 is 0. The van der Waals surface area contributed by atoms with Crippen molar-refractivity contribution in [3.63, 3.8) is 0 Å². The minimum atomic E-state index is -0.498. The van der Waals surface area contributed by atoms with E-state index in [1.807, 2.05) is 30.3 Å². The monoisotopic (exact) mass is 275 g/mol. The maximum absolute atomic E-state index is 12.2. The molecule has 1 aromatic carbocycles. The van der Waals surface area contributed by atoms with Crippen molar-refractivity contribution in [3.8, 4) is 0 Å². The van der Waals surface area contributed by atoms with Crippen molar-refractivity contribution in [1.82, 2.24) is 5.43 Å². The van der Waals surface area contributed by atoms with Gasteiger partial charge < -0.3 is 5.73 Å². The van der Waals surface area contributed by atoms with Crippen LogP contribution in [0.3, 0.4) is 0 Å². The normalized spacial score (nSPS) is 18.8. The molecular formula is C12H13N5OS. The summed E-state index contributed by atoms with van der Waals surface area (Å²) in [5.74, 6) is -0.653. The van der Waals surface area contributed by atoms with Crippen molar-refractivity contribution in [2.75, 3.05) is 5.01 Å². The molecule has 0 unspecified atom stereocenters. The number of thiocarbonyl (C=S) groups is 1. The van der Waals surface area contributed by atoms with Crippen molar-refractivity contribution in [1.29, 1.82) is 0 Å². The molecule has 0 aliphatic carbocycles. The average molecular weight is 275 g/mol. The van der Waals surface area contributed by atoms with E-state index in [1.165, 1.54) is 11.2 Å². The van der Waals surface area contributed by atoms with Gasteiger partial charge >= 0.3 is 0 Å². The molecule has 0 saturated heterocycles. The van der Waals surface area contributed by atoms with E-state index in [0.29, 0.717) is 5.71 Å². The highest BCUT2D eigenvalue weighted by Crippen LogP contribution is 2.22. The Morgan fingerprint density at radius 2 is 2.21 bits per heavy atom. The predicted molar refractivity (Wildman–Crippen MR) is 78.9 cm³/mol. The number of nitrogens with zero attached hydrogens (tertiary/aromatic N) is 3. The number of benzene rings is 1. The van der Waals surface area contributed by atoms with E-state index in [1.54, 1.807) is 6.92 Å². The molecule has 3 N–H and O–H groups in total. The zero-order chi connectivity index (χ0) is 13.8. The van der Waals surface area contributed by atoms with Crippen LogP contribution in [0.2, 0.25) is 0 Å². The summed E-state index contributed by atoms with van der Waals surface area (Å²) in [6.07, 6.45) is 1.45. The van der Waals surface area contributed by atoms with E-state index in [4.69, 9.17) is 5.73 Å². The van der Waals surface area contributed by atoms with Gasteiger partial charge in [-0.3, -0.25) is 10.2 Å². The maximum atomic E-state index is 12.2. The second-order valence-corrected chi connectivity index (χ2v) is 4.40. The largest absolute Gasteiger partial charge is 0.375 e. The fourth-order valence-corrected chi connectivity index (χ4v) is 1.73. The van der Waals surface area contributed by atoms with Crippen LogP contribution in [0.1, 0.15) is 6.92 Å². The third kappa shape index (κ3) is 2.94. The van der Waals surface area contributed by atoms with Gasteiger partial charge in [-0.2, -0.15) is 15.2 Å². The topological polar surface area (TPSA) is 83.1 Å².